The number of hydrazine groups is 1. The number of rotatable bonds is 5. The molecule has 1 amide bonds. The van der Waals surface area contributed by atoms with Gasteiger partial charge in [0.15, 0.2) is 0 Å². The molecule has 0 aliphatic heterocycles. The van der Waals surface area contributed by atoms with Gasteiger partial charge in [-0.1, -0.05) is 0 Å². The van der Waals surface area contributed by atoms with E-state index in [-0.39, 0.29) is 11.2 Å². The molecule has 4 N–H and O–H groups in total. The maximum Gasteiger partial charge on any atom is 0.234 e. The van der Waals surface area contributed by atoms with Gasteiger partial charge in [0.25, 0.3) is 0 Å². The summed E-state index contributed by atoms with van der Waals surface area (Å²) in [6.07, 6.45) is 1.89. The van der Waals surface area contributed by atoms with E-state index in [4.69, 9.17) is 5.84 Å². The summed E-state index contributed by atoms with van der Waals surface area (Å²) >= 11 is 1.49. The van der Waals surface area contributed by atoms with Gasteiger partial charge in [-0.3, -0.25) is 16.1 Å². The van der Waals surface area contributed by atoms with Gasteiger partial charge in [-0.25, -0.2) is 0 Å². The second kappa shape index (κ2) is 6.45. The molecule has 11 heavy (non-hydrogen) atoms. The zero-order valence-corrected chi connectivity index (χ0v) is 7.70. The lowest BCUT2D eigenvalue weighted by molar-refractivity contribution is -0.120. The van der Waals surface area contributed by atoms with Crippen LogP contribution in [0.15, 0.2) is 0 Å². The van der Waals surface area contributed by atoms with Gasteiger partial charge in [-0.05, 0) is 13.2 Å². The molecule has 1 unspecified atom stereocenters. The van der Waals surface area contributed by atoms with Crippen molar-refractivity contribution in [1.29, 1.82) is 0 Å². The van der Waals surface area contributed by atoms with Crippen LogP contribution in [0.3, 0.4) is 0 Å². The maximum absolute atomic E-state index is 11.1. The Morgan fingerprint density at radius 3 is 2.73 bits per heavy atom. The van der Waals surface area contributed by atoms with Gasteiger partial charge in [0, 0.05) is 13.1 Å². The van der Waals surface area contributed by atoms with Crippen molar-refractivity contribution in [2.24, 2.45) is 5.84 Å². The van der Waals surface area contributed by atoms with Gasteiger partial charge in [0.2, 0.25) is 5.91 Å². The van der Waals surface area contributed by atoms with Crippen LogP contribution in [-0.4, -0.2) is 30.5 Å². The Bertz CT molecular complexity index is 120. The number of hydrogen-bond donors (Lipinski definition) is 3. The highest BCUT2D eigenvalue weighted by molar-refractivity contribution is 7.99. The predicted octanol–water partition coefficient (Wildman–Crippen LogP) is -0.683. The first-order valence-electron chi connectivity index (χ1n) is 3.50. The van der Waals surface area contributed by atoms with Crippen LogP contribution >= 0.6 is 11.8 Å². The summed E-state index contributed by atoms with van der Waals surface area (Å²) in [5.41, 5.74) is 2.48. The summed E-state index contributed by atoms with van der Waals surface area (Å²) < 4.78 is 0. The molecule has 0 aromatic rings. The summed E-state index contributed by atoms with van der Waals surface area (Å²) in [4.78, 5) is 11.1. The number of carbonyl (C=O) groups excluding carboxylic acids is 1. The summed E-state index contributed by atoms with van der Waals surface area (Å²) in [5, 5.41) is 2.64. The van der Waals surface area contributed by atoms with Crippen LogP contribution < -0.4 is 16.6 Å². The van der Waals surface area contributed by atoms with E-state index < -0.39 is 0 Å². The van der Waals surface area contributed by atoms with Crippen molar-refractivity contribution < 1.29 is 4.79 Å². The first-order chi connectivity index (χ1) is 5.26. The average Bonchev–Trinajstić information content (AvgIpc) is 2.00. The summed E-state index contributed by atoms with van der Waals surface area (Å²) in [7, 11) is 0. The third-order valence-electron chi connectivity index (χ3n) is 1.23. The van der Waals surface area contributed by atoms with Gasteiger partial charge in [-0.15, -0.1) is 0 Å². The number of amides is 1. The van der Waals surface area contributed by atoms with Gasteiger partial charge < -0.3 is 5.32 Å². The molecule has 0 aromatic carbocycles. The first-order valence-corrected chi connectivity index (χ1v) is 4.79. The lowest BCUT2D eigenvalue weighted by Gasteiger charge is -2.12. The van der Waals surface area contributed by atoms with Gasteiger partial charge >= 0.3 is 0 Å². The normalized spacial score (nSPS) is 12.6. The van der Waals surface area contributed by atoms with Crippen LogP contribution in [-0.2, 0) is 4.79 Å². The topological polar surface area (TPSA) is 67.2 Å². The molecule has 0 saturated carbocycles. The highest BCUT2D eigenvalue weighted by Gasteiger charge is 2.14. The molecule has 0 bridgehead atoms. The van der Waals surface area contributed by atoms with Crippen LogP contribution in [0, 0.1) is 0 Å². The minimum atomic E-state index is -0.0834. The lowest BCUT2D eigenvalue weighted by Crippen LogP contribution is -2.41. The fraction of sp³-hybridized carbons (Fsp3) is 0.833. The molecule has 5 heteroatoms. The number of hydrogen-bond acceptors (Lipinski definition) is 4. The molecule has 4 nitrogen and oxygen atoms in total. The molecule has 0 heterocycles. The first kappa shape index (κ1) is 10.7. The monoisotopic (exact) mass is 177 g/mol. The number of nitrogens with two attached hydrogens (primary N) is 1. The van der Waals surface area contributed by atoms with E-state index in [2.05, 4.69) is 10.7 Å². The predicted molar refractivity (Wildman–Crippen MR) is 48.2 cm³/mol. The van der Waals surface area contributed by atoms with Crippen LogP contribution in [0.5, 0.6) is 0 Å². The standard InChI is InChI=1S/C6H15N3OS/c1-3-8-6(10)5(11-2)4-9-7/h5,9H,3-4,7H2,1-2H3,(H,8,10). The Balaban J connectivity index is 3.71. The van der Waals surface area contributed by atoms with Crippen molar-refractivity contribution in [3.63, 3.8) is 0 Å². The molecule has 0 saturated heterocycles. The highest BCUT2D eigenvalue weighted by Crippen LogP contribution is 2.04. The van der Waals surface area contributed by atoms with Crippen molar-refractivity contribution in [1.82, 2.24) is 10.7 Å². The molecule has 0 spiro atoms. The van der Waals surface area contributed by atoms with Crippen molar-refractivity contribution in [2.75, 3.05) is 19.3 Å². The van der Waals surface area contributed by atoms with Crippen molar-refractivity contribution in [3.05, 3.63) is 0 Å². The third-order valence-corrected chi connectivity index (χ3v) is 2.18. The van der Waals surface area contributed by atoms with E-state index in [9.17, 15) is 4.79 Å². The Morgan fingerprint density at radius 1 is 1.73 bits per heavy atom. The Hall–Kier alpha value is -0.260. The van der Waals surface area contributed by atoms with Crippen LogP contribution in [0.4, 0.5) is 0 Å². The van der Waals surface area contributed by atoms with Gasteiger partial charge in [-0.2, -0.15) is 11.8 Å². The average molecular weight is 177 g/mol. The smallest absolute Gasteiger partial charge is 0.234 e. The Labute approximate surface area is 71.3 Å². The third kappa shape index (κ3) is 4.23. The molecule has 1 atom stereocenters. The van der Waals surface area contributed by atoms with Crippen LogP contribution in [0.1, 0.15) is 6.92 Å². The second-order valence-electron chi connectivity index (χ2n) is 2.03. The molecular formula is C6H15N3OS. The Morgan fingerprint density at radius 2 is 2.36 bits per heavy atom. The lowest BCUT2D eigenvalue weighted by atomic mass is 10.4. The molecule has 0 radical (unpaired) electrons. The van der Waals surface area contributed by atoms with Crippen molar-refractivity contribution >= 4 is 17.7 Å². The van der Waals surface area contributed by atoms with Gasteiger partial charge in [0.05, 0.1) is 5.25 Å². The molecule has 0 aliphatic carbocycles. The van der Waals surface area contributed by atoms with E-state index in [0.717, 1.165) is 0 Å². The fourth-order valence-electron chi connectivity index (χ4n) is 0.678. The van der Waals surface area contributed by atoms with Crippen LogP contribution in [0.25, 0.3) is 0 Å². The van der Waals surface area contributed by atoms with E-state index in [1.165, 1.54) is 11.8 Å². The molecular weight excluding hydrogens is 162 g/mol. The molecule has 66 valence electrons. The van der Waals surface area contributed by atoms with Crippen LogP contribution in [0.2, 0.25) is 0 Å². The maximum atomic E-state index is 11.1. The summed E-state index contributed by atoms with van der Waals surface area (Å²) in [5.74, 6) is 5.14. The van der Waals surface area contributed by atoms with Crippen molar-refractivity contribution in [2.45, 2.75) is 12.2 Å². The molecule has 0 fully saturated rings. The highest BCUT2D eigenvalue weighted by atomic mass is 32.2. The summed E-state index contributed by atoms with van der Waals surface area (Å²) in [6, 6.07) is 0. The zero-order valence-electron chi connectivity index (χ0n) is 6.89. The minimum absolute atomic E-state index is 0.0398. The number of thioether (sulfide) groups is 1. The number of nitrogens with one attached hydrogen (secondary N) is 2. The fourth-order valence-corrected chi connectivity index (χ4v) is 1.24. The minimum Gasteiger partial charge on any atom is -0.355 e. The summed E-state index contributed by atoms with van der Waals surface area (Å²) in [6.45, 7) is 3.07. The van der Waals surface area contributed by atoms with E-state index in [0.29, 0.717) is 13.1 Å². The molecule has 0 aromatic heterocycles. The molecule has 0 rings (SSSR count). The van der Waals surface area contributed by atoms with Gasteiger partial charge in [0.1, 0.15) is 0 Å². The largest absolute Gasteiger partial charge is 0.355 e. The molecule has 0 aliphatic rings. The SMILES string of the molecule is CCNC(=O)C(CNN)SC. The van der Waals surface area contributed by atoms with E-state index in [1.54, 1.807) is 0 Å². The Kier molecular flexibility index (Phi) is 6.30. The van der Waals surface area contributed by atoms with E-state index >= 15 is 0 Å². The van der Waals surface area contributed by atoms with Crippen molar-refractivity contribution in [3.8, 4) is 0 Å². The van der Waals surface area contributed by atoms with E-state index in [1.807, 2.05) is 13.2 Å². The second-order valence-corrected chi connectivity index (χ2v) is 3.07. The number of carbonyl (C=O) groups is 1. The zero-order chi connectivity index (χ0) is 8.69. The quantitative estimate of drug-likeness (QED) is 0.384.